The predicted molar refractivity (Wildman–Crippen MR) is 234 cm³/mol. The van der Waals surface area contributed by atoms with Crippen molar-refractivity contribution < 1.29 is 38.8 Å². The van der Waals surface area contributed by atoms with Crippen molar-refractivity contribution in [2.45, 2.75) is 89.4 Å². The van der Waals surface area contributed by atoms with Gasteiger partial charge >= 0.3 is 6.09 Å². The molecule has 0 saturated heterocycles. The van der Waals surface area contributed by atoms with Crippen LogP contribution in [-0.2, 0) is 34.1 Å². The van der Waals surface area contributed by atoms with Crippen LogP contribution in [0.2, 0.25) is 0 Å². The lowest BCUT2D eigenvalue weighted by atomic mass is 9.55. The molecule has 3 aromatic carbocycles. The van der Waals surface area contributed by atoms with Crippen molar-refractivity contribution in [3.63, 3.8) is 0 Å². The van der Waals surface area contributed by atoms with Crippen LogP contribution in [0.4, 0.5) is 4.79 Å². The molecule has 1 amide bonds. The first kappa shape index (κ1) is 43.6. The van der Waals surface area contributed by atoms with Gasteiger partial charge in [0.1, 0.15) is 37.4 Å². The second-order valence-electron chi connectivity index (χ2n) is 16.2. The van der Waals surface area contributed by atoms with Gasteiger partial charge in [0.05, 0.1) is 23.9 Å². The van der Waals surface area contributed by atoms with Crippen molar-refractivity contribution >= 4 is 11.8 Å². The van der Waals surface area contributed by atoms with Gasteiger partial charge in [0.25, 0.3) is 0 Å². The second kappa shape index (κ2) is 20.9. The molecular formula is C50H59N3O8. The number of carbonyl (C=O) groups excluding carboxylic acids is 1. The van der Waals surface area contributed by atoms with E-state index in [9.17, 15) is 15.0 Å². The number of rotatable bonds is 20. The number of allylic oxidation sites excluding steroid dienone is 1. The quantitative estimate of drug-likeness (QED) is 0.0509. The fraction of sp³-hybridized carbons (Fsp3) is 0.420. The first-order valence-electron chi connectivity index (χ1n) is 21.6. The molecule has 322 valence electrons. The molecule has 1 aliphatic heterocycles. The maximum absolute atomic E-state index is 14.2. The van der Waals surface area contributed by atoms with Crippen LogP contribution in [0.5, 0.6) is 11.5 Å². The third-order valence-corrected chi connectivity index (χ3v) is 12.2. The van der Waals surface area contributed by atoms with Crippen LogP contribution < -0.4 is 9.47 Å². The second-order valence-corrected chi connectivity index (χ2v) is 16.2. The summed E-state index contributed by atoms with van der Waals surface area (Å²) in [5.41, 5.74) is 6.24. The molecule has 0 unspecified atom stereocenters. The fourth-order valence-electron chi connectivity index (χ4n) is 9.36. The monoisotopic (exact) mass is 829 g/mol. The Labute approximate surface area is 359 Å². The Hall–Kier alpha value is -5.49. The van der Waals surface area contributed by atoms with Crippen molar-refractivity contribution in [3.05, 3.63) is 149 Å². The first-order chi connectivity index (χ1) is 29.8. The van der Waals surface area contributed by atoms with E-state index in [0.717, 1.165) is 59.3 Å². The van der Waals surface area contributed by atoms with Crippen LogP contribution in [0.1, 0.15) is 78.9 Å². The number of hydrogen-bond donors (Lipinski definition) is 2. The van der Waals surface area contributed by atoms with Gasteiger partial charge in [-0.2, -0.15) is 0 Å². The highest BCUT2D eigenvalue weighted by molar-refractivity contribution is 6.03. The van der Waals surface area contributed by atoms with E-state index < -0.39 is 23.8 Å². The molecule has 3 aliphatic rings. The number of hydrogen-bond acceptors (Lipinski definition) is 10. The molecule has 61 heavy (non-hydrogen) atoms. The number of fused-ring (bicyclic) bond motifs is 2. The van der Waals surface area contributed by atoms with Gasteiger partial charge in [-0.3, -0.25) is 4.98 Å². The molecule has 11 nitrogen and oxygen atoms in total. The third-order valence-electron chi connectivity index (χ3n) is 12.2. The molecule has 1 fully saturated rings. The number of unbranched alkanes of at least 4 members (excludes halogenated alkanes) is 2. The van der Waals surface area contributed by atoms with Crippen LogP contribution >= 0.6 is 0 Å². The van der Waals surface area contributed by atoms with Gasteiger partial charge < -0.3 is 38.9 Å². The molecule has 4 aromatic rings. The maximum Gasteiger partial charge on any atom is 0.410 e. The predicted octanol–water partition coefficient (Wildman–Crippen LogP) is 9.07. The molecule has 2 N–H and O–H groups in total. The number of oxime groups is 1. The molecule has 6 atom stereocenters. The Morgan fingerprint density at radius 2 is 1.64 bits per heavy atom. The van der Waals surface area contributed by atoms with Gasteiger partial charge in [0.15, 0.2) is 0 Å². The third kappa shape index (κ3) is 10.2. The normalized spacial score (nSPS) is 23.2. The van der Waals surface area contributed by atoms with Gasteiger partial charge in [0, 0.05) is 43.9 Å². The highest BCUT2D eigenvalue weighted by Crippen LogP contribution is 2.61. The smallest absolute Gasteiger partial charge is 0.410 e. The summed E-state index contributed by atoms with van der Waals surface area (Å²) in [5.74, 6) is -0.549. The molecule has 2 heterocycles. The van der Waals surface area contributed by atoms with Gasteiger partial charge in [-0.1, -0.05) is 96.9 Å². The highest BCUT2D eigenvalue weighted by atomic mass is 16.7. The number of nitrogens with zero attached hydrogens (tertiary/aromatic N) is 3. The zero-order valence-corrected chi connectivity index (χ0v) is 35.4. The van der Waals surface area contributed by atoms with E-state index in [0.29, 0.717) is 36.7 Å². The highest BCUT2D eigenvalue weighted by Gasteiger charge is 2.65. The summed E-state index contributed by atoms with van der Waals surface area (Å²) in [6.45, 7) is 7.02. The minimum atomic E-state index is -1.39. The number of aliphatic hydroxyl groups is 2. The lowest BCUT2D eigenvalue weighted by Gasteiger charge is -2.59. The summed E-state index contributed by atoms with van der Waals surface area (Å²) >= 11 is 0. The number of aliphatic hydroxyl groups excluding tert-OH is 2. The van der Waals surface area contributed by atoms with Crippen LogP contribution in [0.3, 0.4) is 0 Å². The summed E-state index contributed by atoms with van der Waals surface area (Å²) in [5, 5.41) is 24.7. The van der Waals surface area contributed by atoms with E-state index in [-0.39, 0.29) is 57.2 Å². The zero-order chi connectivity index (χ0) is 42.6. The van der Waals surface area contributed by atoms with E-state index in [1.54, 1.807) is 18.0 Å². The van der Waals surface area contributed by atoms with Crippen molar-refractivity contribution in [1.29, 1.82) is 0 Å². The lowest BCUT2D eigenvalue weighted by Crippen LogP contribution is -2.69. The van der Waals surface area contributed by atoms with Crippen molar-refractivity contribution in [2.24, 2.45) is 22.9 Å². The molecule has 1 aromatic heterocycles. The number of likely N-dealkylation sites (N-methyl/N-ethyl adjacent to an activating group) is 1. The number of ether oxygens (including phenoxy) is 4. The van der Waals surface area contributed by atoms with Crippen LogP contribution in [-0.4, -0.2) is 70.6 Å². The molecule has 2 aliphatic carbocycles. The molecule has 11 heteroatoms. The average Bonchev–Trinajstić information content (AvgIpc) is 3.28. The van der Waals surface area contributed by atoms with Crippen LogP contribution in [0, 0.1) is 24.7 Å². The number of aromatic nitrogens is 1. The number of aryl methyl sites for hydroxylation is 1. The van der Waals surface area contributed by atoms with Crippen molar-refractivity contribution in [1.82, 2.24) is 9.88 Å². The Bertz CT molecular complexity index is 2130. The fourth-order valence-corrected chi connectivity index (χ4v) is 9.36. The van der Waals surface area contributed by atoms with Crippen LogP contribution in [0.15, 0.2) is 127 Å². The van der Waals surface area contributed by atoms with Gasteiger partial charge in [-0.05, 0) is 91.5 Å². The Morgan fingerprint density at radius 3 is 2.34 bits per heavy atom. The van der Waals surface area contributed by atoms with E-state index in [1.165, 1.54) is 0 Å². The summed E-state index contributed by atoms with van der Waals surface area (Å²) in [7, 11) is 1.73. The van der Waals surface area contributed by atoms with Crippen molar-refractivity contribution in [3.8, 4) is 11.5 Å². The van der Waals surface area contributed by atoms with Gasteiger partial charge in [-0.15, -0.1) is 6.58 Å². The zero-order valence-electron chi connectivity index (χ0n) is 35.4. The molecular weight excluding hydrogens is 771 g/mol. The maximum atomic E-state index is 14.2. The molecule has 0 spiro atoms. The average molecular weight is 830 g/mol. The Morgan fingerprint density at radius 1 is 0.918 bits per heavy atom. The molecule has 7 rings (SSSR count). The standard InChI is InChI=1S/C50H59N3O8/c1-4-28-59-50-46(53(3)49(56)58-32-36-17-7-5-8-18-36)31-44(52-60-33-37-19-9-6-10-20-37)42-29-38(21-11-13-26-54)41(23-12-14-27-55)47(48(42)50)43-30-40(24-25-45(43)61-50)57-34-39-22-15-16-35(2)51-39/h4-10,15-20,22,24-25,29-30,38,41,46-48,54-55H,1,11-14,21,23,26-28,31-34H2,2-3H3/t38-,41+,46-,47+,48+,50+/m0/s1. The largest absolute Gasteiger partial charge is 0.487 e. The Balaban J connectivity index is 1.36. The molecule has 0 radical (unpaired) electrons. The summed E-state index contributed by atoms with van der Waals surface area (Å²) in [6.07, 6.45) is 8.44. The number of amides is 1. The minimum absolute atomic E-state index is 0.0719. The number of carbonyl (C=O) groups is 1. The van der Waals surface area contributed by atoms with E-state index >= 15 is 0 Å². The molecule has 0 bridgehead atoms. The van der Waals surface area contributed by atoms with E-state index in [4.69, 9.17) is 28.9 Å². The first-order valence-corrected chi connectivity index (χ1v) is 21.6. The topological polar surface area (TPSA) is 132 Å². The minimum Gasteiger partial charge on any atom is -0.487 e. The lowest BCUT2D eigenvalue weighted by molar-refractivity contribution is -0.253. The summed E-state index contributed by atoms with van der Waals surface area (Å²) < 4.78 is 26.7. The van der Waals surface area contributed by atoms with E-state index in [2.05, 4.69) is 23.7 Å². The molecule has 1 saturated carbocycles. The summed E-state index contributed by atoms with van der Waals surface area (Å²) in [6, 6.07) is 30.6. The SMILES string of the molecule is C=CCO[C@@]12Oc3ccc(OCc4cccc(C)n4)cc3[C@H]3[C@H](CCCCO)[C@@H](CCCCO)C=C(C(=NOCc4ccccc4)C[C@@H]1N(C)C(=O)OCc1ccccc1)[C@H]32. The number of pyridine rings is 1. The summed E-state index contributed by atoms with van der Waals surface area (Å²) in [4.78, 5) is 26.6. The van der Waals surface area contributed by atoms with Crippen LogP contribution in [0.25, 0.3) is 0 Å². The van der Waals surface area contributed by atoms with Gasteiger partial charge in [-0.25, -0.2) is 4.79 Å². The number of benzene rings is 3. The van der Waals surface area contributed by atoms with Crippen molar-refractivity contribution in [2.75, 3.05) is 26.9 Å². The van der Waals surface area contributed by atoms with E-state index in [1.807, 2.05) is 97.9 Å². The van der Waals surface area contributed by atoms with Gasteiger partial charge in [0.2, 0.25) is 5.79 Å². The Kier molecular flexibility index (Phi) is 14.9.